The molecule has 3 aromatic rings. The van der Waals surface area contributed by atoms with E-state index in [9.17, 15) is 4.79 Å². The van der Waals surface area contributed by atoms with E-state index in [1.54, 1.807) is 0 Å². The number of carbonyl (C=O) groups is 1. The number of thiophene rings is 1. The molecule has 0 bridgehead atoms. The first-order chi connectivity index (χ1) is 10.1. The molecule has 0 unspecified atom stereocenters. The molecule has 0 saturated carbocycles. The van der Waals surface area contributed by atoms with Gasteiger partial charge in [0.25, 0.3) is 5.91 Å². The third-order valence-corrected chi connectivity index (χ3v) is 4.46. The smallest absolute Gasteiger partial charge is 0.261 e. The average molecular weight is 304 g/mol. The maximum absolute atomic E-state index is 12.1. The molecule has 0 aliphatic carbocycles. The monoisotopic (exact) mass is 304 g/mol. The Balaban J connectivity index is 1.58. The number of amides is 1. The quantitative estimate of drug-likeness (QED) is 0.698. The topological polar surface area (TPSA) is 88.5 Å². The summed E-state index contributed by atoms with van der Waals surface area (Å²) in [6, 6.07) is 1.91. The van der Waals surface area contributed by atoms with E-state index in [4.69, 9.17) is 0 Å². The van der Waals surface area contributed by atoms with Crippen LogP contribution in [-0.4, -0.2) is 37.4 Å². The fraction of sp³-hybridized carbons (Fsp3) is 0.385. The summed E-state index contributed by atoms with van der Waals surface area (Å²) in [4.78, 5) is 17.9. The van der Waals surface area contributed by atoms with Crippen LogP contribution in [0.15, 0.2) is 12.4 Å². The van der Waals surface area contributed by atoms with Crippen molar-refractivity contribution in [2.75, 3.05) is 6.54 Å². The summed E-state index contributed by atoms with van der Waals surface area (Å²) in [7, 11) is 1.89. The van der Waals surface area contributed by atoms with E-state index in [1.165, 1.54) is 17.7 Å². The van der Waals surface area contributed by atoms with Gasteiger partial charge in [-0.05, 0) is 19.4 Å². The molecule has 0 atom stereocenters. The molecular formula is C13H16N6OS. The molecule has 3 heterocycles. The zero-order valence-corrected chi connectivity index (χ0v) is 12.7. The van der Waals surface area contributed by atoms with Gasteiger partial charge in [0.05, 0.1) is 10.6 Å². The van der Waals surface area contributed by atoms with Crippen LogP contribution in [0, 0.1) is 6.92 Å². The molecule has 3 rings (SSSR count). The molecule has 0 saturated heterocycles. The summed E-state index contributed by atoms with van der Waals surface area (Å²) in [6.07, 6.45) is 3.09. The molecule has 8 heteroatoms. The number of nitrogens with zero attached hydrogens (tertiary/aromatic N) is 4. The zero-order chi connectivity index (χ0) is 14.8. The van der Waals surface area contributed by atoms with Crippen molar-refractivity contribution in [3.05, 3.63) is 28.8 Å². The second kappa shape index (κ2) is 5.65. The Morgan fingerprint density at radius 1 is 1.52 bits per heavy atom. The minimum absolute atomic E-state index is 0.0341. The Hall–Kier alpha value is -2.22. The minimum atomic E-state index is -0.0341. The molecule has 3 aromatic heterocycles. The molecule has 0 fully saturated rings. The average Bonchev–Trinajstić information content (AvgIpc) is 3.15. The van der Waals surface area contributed by atoms with E-state index < -0.39 is 0 Å². The Bertz CT molecular complexity index is 723. The van der Waals surface area contributed by atoms with Gasteiger partial charge in [-0.15, -0.1) is 11.3 Å². The number of hydrogen-bond donors (Lipinski definition) is 2. The van der Waals surface area contributed by atoms with E-state index in [0.717, 1.165) is 39.5 Å². The van der Waals surface area contributed by atoms with Crippen LogP contribution in [0.3, 0.4) is 0 Å². The van der Waals surface area contributed by atoms with Crippen LogP contribution in [0.4, 0.5) is 0 Å². The first kappa shape index (κ1) is 13.7. The van der Waals surface area contributed by atoms with E-state index in [0.29, 0.717) is 6.54 Å². The summed E-state index contributed by atoms with van der Waals surface area (Å²) in [5.41, 5.74) is 0.952. The Kier molecular flexibility index (Phi) is 3.70. The van der Waals surface area contributed by atoms with Crippen LogP contribution in [0.5, 0.6) is 0 Å². The molecule has 0 aliphatic rings. The van der Waals surface area contributed by atoms with Crippen LogP contribution in [0.1, 0.15) is 27.6 Å². The molecule has 2 N–H and O–H groups in total. The van der Waals surface area contributed by atoms with E-state index >= 15 is 0 Å². The lowest BCUT2D eigenvalue weighted by Gasteiger charge is -2.02. The van der Waals surface area contributed by atoms with Gasteiger partial charge in [-0.3, -0.25) is 14.6 Å². The molecule has 21 heavy (non-hydrogen) atoms. The van der Waals surface area contributed by atoms with Gasteiger partial charge < -0.3 is 5.32 Å². The normalized spacial score (nSPS) is 11.1. The lowest BCUT2D eigenvalue weighted by molar-refractivity contribution is 0.0957. The lowest BCUT2D eigenvalue weighted by atomic mass is 10.3. The largest absolute Gasteiger partial charge is 0.351 e. The maximum Gasteiger partial charge on any atom is 0.261 e. The van der Waals surface area contributed by atoms with Crippen molar-refractivity contribution in [1.82, 2.24) is 30.3 Å². The van der Waals surface area contributed by atoms with Gasteiger partial charge >= 0.3 is 0 Å². The highest BCUT2D eigenvalue weighted by atomic mass is 32.1. The minimum Gasteiger partial charge on any atom is -0.351 e. The number of H-pyrrole nitrogens is 1. The predicted octanol–water partition coefficient (Wildman–Crippen LogP) is 1.42. The summed E-state index contributed by atoms with van der Waals surface area (Å²) in [5, 5.41) is 14.9. The van der Waals surface area contributed by atoms with Crippen molar-refractivity contribution >= 4 is 27.5 Å². The van der Waals surface area contributed by atoms with Crippen molar-refractivity contribution in [2.45, 2.75) is 19.8 Å². The second-order valence-corrected chi connectivity index (χ2v) is 5.86. The maximum atomic E-state index is 12.1. The van der Waals surface area contributed by atoms with Gasteiger partial charge in [0.2, 0.25) is 0 Å². The molecule has 0 aliphatic heterocycles. The van der Waals surface area contributed by atoms with Crippen molar-refractivity contribution in [1.29, 1.82) is 0 Å². The van der Waals surface area contributed by atoms with Crippen LogP contribution in [0.25, 0.3) is 10.2 Å². The predicted molar refractivity (Wildman–Crippen MR) is 80.4 cm³/mol. The summed E-state index contributed by atoms with van der Waals surface area (Å²) < 4.78 is 1.82. The van der Waals surface area contributed by atoms with Gasteiger partial charge in [-0.25, -0.2) is 4.98 Å². The number of fused-ring (bicyclic) bond motifs is 1. The highest BCUT2D eigenvalue weighted by molar-refractivity contribution is 7.20. The first-order valence-corrected chi connectivity index (χ1v) is 7.52. The van der Waals surface area contributed by atoms with Gasteiger partial charge in [-0.2, -0.15) is 10.2 Å². The summed E-state index contributed by atoms with van der Waals surface area (Å²) >= 11 is 1.47. The van der Waals surface area contributed by atoms with Gasteiger partial charge in [0.1, 0.15) is 17.0 Å². The number of carbonyl (C=O) groups excluding carboxylic acids is 1. The number of aromatic nitrogens is 5. The van der Waals surface area contributed by atoms with Gasteiger partial charge in [0.15, 0.2) is 0 Å². The molecule has 0 spiro atoms. The Morgan fingerprint density at radius 3 is 3.10 bits per heavy atom. The highest BCUT2D eigenvalue weighted by Gasteiger charge is 2.14. The molecule has 0 aromatic carbocycles. The SMILES string of the molecule is Cc1nn(C)c2sc(C(=O)NCCCc3ncn[nH]3)cc12. The molecule has 110 valence electrons. The Morgan fingerprint density at radius 2 is 2.38 bits per heavy atom. The third-order valence-electron chi connectivity index (χ3n) is 3.26. The van der Waals surface area contributed by atoms with Crippen molar-refractivity contribution in [3.8, 4) is 0 Å². The number of hydrogen-bond acceptors (Lipinski definition) is 5. The van der Waals surface area contributed by atoms with Crippen molar-refractivity contribution in [2.24, 2.45) is 7.05 Å². The number of aromatic amines is 1. The van der Waals surface area contributed by atoms with Crippen molar-refractivity contribution in [3.63, 3.8) is 0 Å². The molecule has 1 amide bonds. The van der Waals surface area contributed by atoms with E-state index in [-0.39, 0.29) is 5.91 Å². The van der Waals surface area contributed by atoms with Gasteiger partial charge in [-0.1, -0.05) is 0 Å². The number of nitrogens with one attached hydrogen (secondary N) is 2. The highest BCUT2D eigenvalue weighted by Crippen LogP contribution is 2.27. The van der Waals surface area contributed by atoms with Crippen molar-refractivity contribution < 1.29 is 4.79 Å². The fourth-order valence-electron chi connectivity index (χ4n) is 2.21. The lowest BCUT2D eigenvalue weighted by Crippen LogP contribution is -2.24. The van der Waals surface area contributed by atoms with Gasteiger partial charge in [0, 0.05) is 25.4 Å². The fourth-order valence-corrected chi connectivity index (χ4v) is 3.25. The summed E-state index contributed by atoms with van der Waals surface area (Å²) in [6.45, 7) is 2.57. The van der Waals surface area contributed by atoms with Crippen LogP contribution in [0.2, 0.25) is 0 Å². The van der Waals surface area contributed by atoms with E-state index in [2.05, 4.69) is 25.6 Å². The number of rotatable bonds is 5. The second-order valence-electron chi connectivity index (χ2n) is 4.83. The van der Waals surface area contributed by atoms with Crippen LogP contribution < -0.4 is 5.32 Å². The third kappa shape index (κ3) is 2.80. The zero-order valence-electron chi connectivity index (χ0n) is 11.9. The number of aryl methyl sites for hydroxylation is 3. The van der Waals surface area contributed by atoms with Crippen LogP contribution in [-0.2, 0) is 13.5 Å². The first-order valence-electron chi connectivity index (χ1n) is 6.70. The standard InChI is InChI=1S/C13H16N6OS/c1-8-9-6-10(21-13(9)19(2)18-8)12(20)14-5-3-4-11-15-7-16-17-11/h6-7H,3-5H2,1-2H3,(H,14,20)(H,15,16,17). The molecule has 7 nitrogen and oxygen atoms in total. The Labute approximate surface area is 125 Å². The van der Waals surface area contributed by atoms with Crippen LogP contribution >= 0.6 is 11.3 Å². The summed E-state index contributed by atoms with van der Waals surface area (Å²) in [5.74, 6) is 0.806. The molecule has 0 radical (unpaired) electrons. The molecular weight excluding hydrogens is 288 g/mol. The van der Waals surface area contributed by atoms with E-state index in [1.807, 2.05) is 24.7 Å².